The minimum absolute atomic E-state index is 1.02. The molecule has 24 heavy (non-hydrogen) atoms. The summed E-state index contributed by atoms with van der Waals surface area (Å²) in [6.07, 6.45) is 9.14. The second-order valence-corrected chi connectivity index (χ2v) is 7.37. The summed E-state index contributed by atoms with van der Waals surface area (Å²) in [7, 11) is 0. The number of rotatable bonds is 4. The first kappa shape index (κ1) is 15.5. The van der Waals surface area contributed by atoms with Crippen LogP contribution in [0.1, 0.15) is 43.0 Å². The van der Waals surface area contributed by atoms with Crippen molar-refractivity contribution in [2.24, 2.45) is 0 Å². The van der Waals surface area contributed by atoms with Crippen molar-refractivity contribution in [1.29, 1.82) is 0 Å². The maximum atomic E-state index is 4.89. The van der Waals surface area contributed by atoms with E-state index in [1.807, 2.05) is 6.20 Å². The molecule has 3 heteroatoms. The van der Waals surface area contributed by atoms with Crippen LogP contribution < -0.4 is 0 Å². The van der Waals surface area contributed by atoms with Crippen LogP contribution in [0.25, 0.3) is 21.8 Å². The van der Waals surface area contributed by atoms with Gasteiger partial charge in [-0.1, -0.05) is 25.5 Å². The van der Waals surface area contributed by atoms with Crippen molar-refractivity contribution in [3.8, 4) is 21.8 Å². The summed E-state index contributed by atoms with van der Waals surface area (Å²) in [6, 6.07) is 11.1. The summed E-state index contributed by atoms with van der Waals surface area (Å²) >= 11 is 1.72. The zero-order valence-electron chi connectivity index (χ0n) is 14.1. The molecule has 0 unspecified atom stereocenters. The highest BCUT2D eigenvalue weighted by Crippen LogP contribution is 2.31. The predicted molar refractivity (Wildman–Crippen MR) is 101 cm³/mol. The fourth-order valence-corrected chi connectivity index (χ4v) is 4.26. The Bertz CT molecular complexity index is 851. The van der Waals surface area contributed by atoms with Gasteiger partial charge in [0.2, 0.25) is 0 Å². The zero-order chi connectivity index (χ0) is 16.4. The van der Waals surface area contributed by atoms with Gasteiger partial charge in [0, 0.05) is 28.4 Å². The Labute approximate surface area is 147 Å². The minimum atomic E-state index is 1.02. The fraction of sp³-hybridized carbons (Fsp3) is 0.333. The Kier molecular flexibility index (Phi) is 4.44. The molecule has 0 saturated heterocycles. The molecule has 0 atom stereocenters. The van der Waals surface area contributed by atoms with E-state index < -0.39 is 0 Å². The van der Waals surface area contributed by atoms with Gasteiger partial charge in [-0.3, -0.25) is 4.98 Å². The third-order valence-corrected chi connectivity index (χ3v) is 5.61. The number of aromatic nitrogens is 2. The number of benzene rings is 1. The smallest absolute Gasteiger partial charge is 0.124 e. The Morgan fingerprint density at radius 3 is 2.75 bits per heavy atom. The molecule has 0 aliphatic heterocycles. The van der Waals surface area contributed by atoms with E-state index in [-0.39, 0.29) is 0 Å². The second-order valence-electron chi connectivity index (χ2n) is 6.51. The summed E-state index contributed by atoms with van der Waals surface area (Å²) in [6.45, 7) is 2.19. The van der Waals surface area contributed by atoms with E-state index in [1.165, 1.54) is 47.9 Å². The number of hydrogen-bond acceptors (Lipinski definition) is 3. The molecule has 1 aliphatic rings. The summed E-state index contributed by atoms with van der Waals surface area (Å²) < 4.78 is 0. The van der Waals surface area contributed by atoms with Crippen molar-refractivity contribution in [2.45, 2.75) is 45.4 Å². The van der Waals surface area contributed by atoms with Crippen molar-refractivity contribution in [1.82, 2.24) is 9.97 Å². The van der Waals surface area contributed by atoms with Gasteiger partial charge in [-0.2, -0.15) is 0 Å². The van der Waals surface area contributed by atoms with E-state index >= 15 is 0 Å². The third-order valence-electron chi connectivity index (χ3n) is 4.72. The Morgan fingerprint density at radius 2 is 1.88 bits per heavy atom. The fourth-order valence-electron chi connectivity index (χ4n) is 3.44. The van der Waals surface area contributed by atoms with Crippen LogP contribution in [0.5, 0.6) is 0 Å². The van der Waals surface area contributed by atoms with E-state index in [9.17, 15) is 0 Å². The van der Waals surface area contributed by atoms with Crippen molar-refractivity contribution in [3.63, 3.8) is 0 Å². The topological polar surface area (TPSA) is 25.8 Å². The molecule has 0 radical (unpaired) electrons. The quantitative estimate of drug-likeness (QED) is 0.611. The lowest BCUT2D eigenvalue weighted by atomic mass is 9.90. The maximum Gasteiger partial charge on any atom is 0.124 e. The van der Waals surface area contributed by atoms with Gasteiger partial charge in [-0.15, -0.1) is 11.3 Å². The Hall–Kier alpha value is -2.00. The molecule has 4 rings (SSSR count). The van der Waals surface area contributed by atoms with Crippen LogP contribution in [0.4, 0.5) is 0 Å². The predicted octanol–water partition coefficient (Wildman–Crippen LogP) is 5.70. The molecule has 1 aromatic carbocycles. The molecular weight excluding hydrogens is 312 g/mol. The minimum Gasteiger partial charge on any atom is -0.261 e. The standard InChI is InChI=1S/C21H22N2S/c1-2-5-19-13-18(10-11-22-19)21-23-20(14-24-21)17-9-8-15-6-3-4-7-16(15)12-17/h8-14H,2-7H2,1H3. The van der Waals surface area contributed by atoms with E-state index in [1.54, 1.807) is 11.3 Å². The third kappa shape index (κ3) is 3.13. The molecule has 0 amide bonds. The summed E-state index contributed by atoms with van der Waals surface area (Å²) in [5.41, 5.74) is 7.72. The van der Waals surface area contributed by atoms with E-state index in [4.69, 9.17) is 4.98 Å². The van der Waals surface area contributed by atoms with Gasteiger partial charge in [0.25, 0.3) is 0 Å². The SMILES string of the molecule is CCCc1cc(-c2nc(-c3ccc4c(c3)CCCC4)cs2)ccn1. The van der Waals surface area contributed by atoms with E-state index in [0.717, 1.165) is 29.2 Å². The summed E-state index contributed by atoms with van der Waals surface area (Å²) in [4.78, 5) is 9.34. The molecule has 0 bridgehead atoms. The molecule has 0 spiro atoms. The van der Waals surface area contributed by atoms with Crippen molar-refractivity contribution in [3.05, 3.63) is 58.7 Å². The molecule has 2 nitrogen and oxygen atoms in total. The van der Waals surface area contributed by atoms with Gasteiger partial charge in [-0.05, 0) is 61.4 Å². The average molecular weight is 334 g/mol. The molecular formula is C21H22N2S. The maximum absolute atomic E-state index is 4.89. The number of fused-ring (bicyclic) bond motifs is 1. The number of hydrogen-bond donors (Lipinski definition) is 0. The number of nitrogens with zero attached hydrogens (tertiary/aromatic N) is 2. The lowest BCUT2D eigenvalue weighted by Gasteiger charge is -2.16. The van der Waals surface area contributed by atoms with E-state index in [0.29, 0.717) is 0 Å². The number of pyridine rings is 1. The van der Waals surface area contributed by atoms with Crippen LogP contribution in [-0.4, -0.2) is 9.97 Å². The summed E-state index contributed by atoms with van der Waals surface area (Å²) in [5, 5.41) is 3.27. The van der Waals surface area contributed by atoms with Crippen molar-refractivity contribution >= 4 is 11.3 Å². The monoisotopic (exact) mass is 334 g/mol. The van der Waals surface area contributed by atoms with Crippen molar-refractivity contribution < 1.29 is 0 Å². The van der Waals surface area contributed by atoms with Crippen LogP contribution in [0.3, 0.4) is 0 Å². The van der Waals surface area contributed by atoms with Gasteiger partial charge in [0.15, 0.2) is 0 Å². The second kappa shape index (κ2) is 6.86. The normalized spacial score (nSPS) is 13.7. The van der Waals surface area contributed by atoms with Crippen LogP contribution in [0.15, 0.2) is 41.9 Å². The molecule has 0 fully saturated rings. The van der Waals surface area contributed by atoms with Gasteiger partial charge in [0.1, 0.15) is 5.01 Å². The molecule has 2 heterocycles. The Morgan fingerprint density at radius 1 is 1.00 bits per heavy atom. The lowest BCUT2D eigenvalue weighted by Crippen LogP contribution is -2.02. The van der Waals surface area contributed by atoms with Gasteiger partial charge >= 0.3 is 0 Å². The molecule has 2 aromatic heterocycles. The molecule has 122 valence electrons. The molecule has 0 saturated carbocycles. The number of aryl methyl sites for hydroxylation is 3. The first-order valence-corrected chi connectivity index (χ1v) is 9.74. The summed E-state index contributed by atoms with van der Waals surface area (Å²) in [5.74, 6) is 0. The molecule has 0 N–H and O–H groups in total. The molecule has 1 aliphatic carbocycles. The average Bonchev–Trinajstić information content (AvgIpc) is 3.12. The largest absolute Gasteiger partial charge is 0.261 e. The number of thiazole rings is 1. The van der Waals surface area contributed by atoms with Gasteiger partial charge < -0.3 is 0 Å². The first-order chi connectivity index (χ1) is 11.8. The highest BCUT2D eigenvalue weighted by Gasteiger charge is 2.12. The van der Waals surface area contributed by atoms with Gasteiger partial charge in [0.05, 0.1) is 5.69 Å². The Balaban J connectivity index is 1.64. The van der Waals surface area contributed by atoms with Crippen LogP contribution >= 0.6 is 11.3 Å². The van der Waals surface area contributed by atoms with Crippen LogP contribution in [0.2, 0.25) is 0 Å². The zero-order valence-corrected chi connectivity index (χ0v) is 14.9. The van der Waals surface area contributed by atoms with Gasteiger partial charge in [-0.25, -0.2) is 4.98 Å². The first-order valence-electron chi connectivity index (χ1n) is 8.86. The van der Waals surface area contributed by atoms with Crippen molar-refractivity contribution in [2.75, 3.05) is 0 Å². The van der Waals surface area contributed by atoms with Crippen LogP contribution in [-0.2, 0) is 19.3 Å². The molecule has 3 aromatic rings. The highest BCUT2D eigenvalue weighted by molar-refractivity contribution is 7.13. The highest BCUT2D eigenvalue weighted by atomic mass is 32.1. The van der Waals surface area contributed by atoms with E-state index in [2.05, 4.69) is 47.6 Å². The van der Waals surface area contributed by atoms with Crippen LogP contribution in [0, 0.1) is 0 Å². The lowest BCUT2D eigenvalue weighted by molar-refractivity contribution is 0.686.